The van der Waals surface area contributed by atoms with Gasteiger partial charge in [0.25, 0.3) is 0 Å². The summed E-state index contributed by atoms with van der Waals surface area (Å²) in [6.07, 6.45) is 7.30. The van der Waals surface area contributed by atoms with E-state index in [9.17, 15) is 0 Å². The monoisotopic (exact) mass is 250 g/mol. The third-order valence-electron chi connectivity index (χ3n) is 5.94. The summed E-state index contributed by atoms with van der Waals surface area (Å²) in [5.41, 5.74) is 0.411. The van der Waals surface area contributed by atoms with Crippen LogP contribution in [0.3, 0.4) is 0 Å². The van der Waals surface area contributed by atoms with Gasteiger partial charge in [-0.15, -0.1) is 0 Å². The normalized spacial score (nSPS) is 46.5. The molecule has 1 aliphatic heterocycles. The van der Waals surface area contributed by atoms with Crippen LogP contribution in [-0.4, -0.2) is 36.1 Å². The SMILES string of the molecule is CC1CCCC1CN1CC(C)(C2CC2)NCC1C. The lowest BCUT2D eigenvalue weighted by Gasteiger charge is -2.46. The van der Waals surface area contributed by atoms with Gasteiger partial charge < -0.3 is 5.32 Å². The molecule has 2 heteroatoms. The molecule has 0 aromatic carbocycles. The molecule has 1 saturated heterocycles. The van der Waals surface area contributed by atoms with E-state index in [1.807, 2.05) is 0 Å². The summed E-state index contributed by atoms with van der Waals surface area (Å²) < 4.78 is 0. The second-order valence-electron chi connectivity index (χ2n) is 7.52. The van der Waals surface area contributed by atoms with Gasteiger partial charge in [-0.1, -0.05) is 19.8 Å². The van der Waals surface area contributed by atoms with Gasteiger partial charge in [0.1, 0.15) is 0 Å². The summed E-state index contributed by atoms with van der Waals surface area (Å²) in [4.78, 5) is 2.79. The minimum absolute atomic E-state index is 0.411. The fourth-order valence-corrected chi connectivity index (χ4v) is 4.18. The number of nitrogens with one attached hydrogen (secondary N) is 1. The third kappa shape index (κ3) is 2.46. The summed E-state index contributed by atoms with van der Waals surface area (Å²) in [5, 5.41) is 3.83. The molecule has 1 heterocycles. The first-order valence-corrected chi connectivity index (χ1v) is 8.07. The molecule has 0 radical (unpaired) electrons. The van der Waals surface area contributed by atoms with Crippen LogP contribution in [0, 0.1) is 17.8 Å². The molecule has 2 aliphatic carbocycles. The number of piperazine rings is 1. The minimum Gasteiger partial charge on any atom is -0.308 e. The van der Waals surface area contributed by atoms with E-state index in [1.165, 1.54) is 51.7 Å². The standard InChI is InChI=1S/C16H30N2/c1-12-5-4-6-14(12)10-18-11-16(3,15-7-8-15)17-9-13(18)2/h12-15,17H,4-11H2,1-3H3. The van der Waals surface area contributed by atoms with Crippen molar-refractivity contribution in [3.63, 3.8) is 0 Å². The van der Waals surface area contributed by atoms with Gasteiger partial charge in [0.15, 0.2) is 0 Å². The van der Waals surface area contributed by atoms with Crippen LogP contribution in [0.5, 0.6) is 0 Å². The van der Waals surface area contributed by atoms with E-state index in [1.54, 1.807) is 0 Å². The highest BCUT2D eigenvalue weighted by Crippen LogP contribution is 2.42. The third-order valence-corrected chi connectivity index (χ3v) is 5.94. The predicted octanol–water partition coefficient (Wildman–Crippen LogP) is 2.89. The highest BCUT2D eigenvalue weighted by molar-refractivity contribution is 5.03. The van der Waals surface area contributed by atoms with Crippen LogP contribution in [0.1, 0.15) is 52.9 Å². The summed E-state index contributed by atoms with van der Waals surface area (Å²) in [5.74, 6) is 2.88. The van der Waals surface area contributed by atoms with Gasteiger partial charge in [-0.05, 0) is 50.9 Å². The molecule has 18 heavy (non-hydrogen) atoms. The van der Waals surface area contributed by atoms with Gasteiger partial charge in [0.05, 0.1) is 0 Å². The van der Waals surface area contributed by atoms with Crippen molar-refractivity contribution in [2.24, 2.45) is 17.8 Å². The number of rotatable bonds is 3. The molecule has 3 rings (SSSR count). The maximum Gasteiger partial charge on any atom is 0.0309 e. The van der Waals surface area contributed by atoms with Crippen LogP contribution in [0.15, 0.2) is 0 Å². The molecule has 0 aromatic rings. The van der Waals surface area contributed by atoms with Gasteiger partial charge in [-0.3, -0.25) is 4.90 Å². The fourth-order valence-electron chi connectivity index (χ4n) is 4.18. The van der Waals surface area contributed by atoms with Crippen molar-refractivity contribution in [1.82, 2.24) is 10.2 Å². The van der Waals surface area contributed by atoms with Gasteiger partial charge in [0, 0.05) is 31.2 Å². The molecule has 4 atom stereocenters. The molecule has 1 N–H and O–H groups in total. The molecule has 4 unspecified atom stereocenters. The quantitative estimate of drug-likeness (QED) is 0.828. The van der Waals surface area contributed by atoms with Crippen molar-refractivity contribution in [2.75, 3.05) is 19.6 Å². The highest BCUT2D eigenvalue weighted by atomic mass is 15.3. The van der Waals surface area contributed by atoms with Crippen molar-refractivity contribution in [3.05, 3.63) is 0 Å². The smallest absolute Gasteiger partial charge is 0.0309 e. The molecule has 2 nitrogen and oxygen atoms in total. The number of hydrogen-bond donors (Lipinski definition) is 1. The first-order chi connectivity index (χ1) is 8.58. The Morgan fingerprint density at radius 2 is 1.94 bits per heavy atom. The Hall–Kier alpha value is -0.0800. The van der Waals surface area contributed by atoms with Crippen LogP contribution >= 0.6 is 0 Å². The van der Waals surface area contributed by atoms with Crippen molar-refractivity contribution in [3.8, 4) is 0 Å². The van der Waals surface area contributed by atoms with E-state index in [2.05, 4.69) is 31.0 Å². The average molecular weight is 250 g/mol. The van der Waals surface area contributed by atoms with Crippen LogP contribution in [-0.2, 0) is 0 Å². The summed E-state index contributed by atoms with van der Waals surface area (Å²) in [7, 11) is 0. The minimum atomic E-state index is 0.411. The maximum atomic E-state index is 3.83. The van der Waals surface area contributed by atoms with Gasteiger partial charge >= 0.3 is 0 Å². The van der Waals surface area contributed by atoms with E-state index in [0.29, 0.717) is 5.54 Å². The fraction of sp³-hybridized carbons (Fsp3) is 1.00. The molecule has 0 spiro atoms. The van der Waals surface area contributed by atoms with Gasteiger partial charge in [0.2, 0.25) is 0 Å². The van der Waals surface area contributed by atoms with E-state index in [-0.39, 0.29) is 0 Å². The zero-order chi connectivity index (χ0) is 12.8. The van der Waals surface area contributed by atoms with Crippen molar-refractivity contribution >= 4 is 0 Å². The molecule has 3 fully saturated rings. The van der Waals surface area contributed by atoms with Gasteiger partial charge in [-0.2, -0.15) is 0 Å². The largest absolute Gasteiger partial charge is 0.308 e. The molecule has 0 bridgehead atoms. The van der Waals surface area contributed by atoms with E-state index >= 15 is 0 Å². The molecule has 2 saturated carbocycles. The topological polar surface area (TPSA) is 15.3 Å². The molecule has 104 valence electrons. The summed E-state index contributed by atoms with van der Waals surface area (Å²) in [6, 6.07) is 0.727. The lowest BCUT2D eigenvalue weighted by molar-refractivity contribution is 0.0643. The molecular weight excluding hydrogens is 220 g/mol. The Balaban J connectivity index is 1.62. The molecule has 3 aliphatic rings. The van der Waals surface area contributed by atoms with Crippen LogP contribution in [0.2, 0.25) is 0 Å². The highest BCUT2D eigenvalue weighted by Gasteiger charge is 2.45. The Bertz CT molecular complexity index is 299. The van der Waals surface area contributed by atoms with Crippen LogP contribution < -0.4 is 5.32 Å². The molecule has 0 amide bonds. The van der Waals surface area contributed by atoms with Crippen molar-refractivity contribution < 1.29 is 0 Å². The second-order valence-corrected chi connectivity index (χ2v) is 7.52. The van der Waals surface area contributed by atoms with E-state index in [0.717, 1.165) is 23.8 Å². The number of hydrogen-bond acceptors (Lipinski definition) is 2. The van der Waals surface area contributed by atoms with Crippen molar-refractivity contribution in [2.45, 2.75) is 64.5 Å². The van der Waals surface area contributed by atoms with E-state index in [4.69, 9.17) is 0 Å². The Kier molecular flexibility index (Phi) is 3.44. The first kappa shape index (κ1) is 12.9. The van der Waals surface area contributed by atoms with Crippen LogP contribution in [0.25, 0.3) is 0 Å². The zero-order valence-electron chi connectivity index (χ0n) is 12.4. The van der Waals surface area contributed by atoms with Crippen molar-refractivity contribution in [1.29, 1.82) is 0 Å². The second kappa shape index (κ2) is 4.79. The molecule has 0 aromatic heterocycles. The molecular formula is C16H30N2. The first-order valence-electron chi connectivity index (χ1n) is 8.07. The predicted molar refractivity (Wildman–Crippen MR) is 76.7 cm³/mol. The summed E-state index contributed by atoms with van der Waals surface area (Å²) in [6.45, 7) is 11.1. The average Bonchev–Trinajstić information content (AvgIpc) is 3.12. The Labute approximate surface area is 113 Å². The number of nitrogens with zero attached hydrogens (tertiary/aromatic N) is 1. The zero-order valence-corrected chi connectivity index (χ0v) is 12.4. The van der Waals surface area contributed by atoms with Crippen LogP contribution in [0.4, 0.5) is 0 Å². The van der Waals surface area contributed by atoms with E-state index < -0.39 is 0 Å². The summed E-state index contributed by atoms with van der Waals surface area (Å²) >= 11 is 0. The lowest BCUT2D eigenvalue weighted by atomic mass is 9.89. The van der Waals surface area contributed by atoms with Gasteiger partial charge in [-0.25, -0.2) is 0 Å². The Morgan fingerprint density at radius 1 is 1.17 bits per heavy atom. The lowest BCUT2D eigenvalue weighted by Crippen LogP contribution is -2.63. The maximum absolute atomic E-state index is 3.83. The Morgan fingerprint density at radius 3 is 2.56 bits per heavy atom.